The van der Waals surface area contributed by atoms with Gasteiger partial charge in [-0.1, -0.05) is 113 Å². The van der Waals surface area contributed by atoms with Crippen LogP contribution in [0.1, 0.15) is 49.9 Å². The predicted octanol–water partition coefficient (Wildman–Crippen LogP) is 6.92. The van der Waals surface area contributed by atoms with E-state index in [0.29, 0.717) is 0 Å². The Kier molecular flexibility index (Phi) is 9.96. The molecule has 0 aliphatic carbocycles. The maximum absolute atomic E-state index is 2.24. The average Bonchev–Trinajstić information content (AvgIpc) is 2.68. The predicted molar refractivity (Wildman–Crippen MR) is 108 cm³/mol. The van der Waals surface area contributed by atoms with Crippen LogP contribution < -0.4 is 0 Å². The first-order valence-corrected chi connectivity index (χ1v) is 9.06. The zero-order valence-electron chi connectivity index (χ0n) is 15.5. The molecule has 0 aliphatic heterocycles. The van der Waals surface area contributed by atoms with Crippen molar-refractivity contribution in [1.82, 2.24) is 0 Å². The maximum Gasteiger partial charge on any atom is -0.00258 e. The molecule has 3 rings (SSSR count). The van der Waals surface area contributed by atoms with Crippen molar-refractivity contribution >= 4 is 0 Å². The van der Waals surface area contributed by atoms with E-state index < -0.39 is 0 Å². The number of benzene rings is 3. The third-order valence-corrected chi connectivity index (χ3v) is 3.53. The van der Waals surface area contributed by atoms with Crippen molar-refractivity contribution in [3.63, 3.8) is 0 Å². The summed E-state index contributed by atoms with van der Waals surface area (Å²) in [4.78, 5) is 0. The van der Waals surface area contributed by atoms with E-state index in [9.17, 15) is 0 Å². The second kappa shape index (κ2) is 12.1. The highest BCUT2D eigenvalue weighted by atomic mass is 14.0. The van der Waals surface area contributed by atoms with Crippen molar-refractivity contribution < 1.29 is 0 Å². The molecule has 0 bridgehead atoms. The van der Waals surface area contributed by atoms with Gasteiger partial charge in [-0.3, -0.25) is 0 Å². The van der Waals surface area contributed by atoms with E-state index in [1.54, 1.807) is 0 Å². The topological polar surface area (TPSA) is 0 Å². The molecule has 0 fully saturated rings. The Balaban J connectivity index is 0.000000671. The van der Waals surface area contributed by atoms with Crippen LogP contribution in [0.15, 0.2) is 84.9 Å². The van der Waals surface area contributed by atoms with Crippen molar-refractivity contribution in [2.45, 2.75) is 40.5 Å². The van der Waals surface area contributed by atoms with Gasteiger partial charge in [-0.2, -0.15) is 0 Å². The van der Waals surface area contributed by atoms with Gasteiger partial charge in [-0.05, 0) is 35.1 Å². The minimum Gasteiger partial charge on any atom is -0.0683 e. The molecule has 3 aromatic rings. The lowest BCUT2D eigenvalue weighted by Gasteiger charge is -2.05. The van der Waals surface area contributed by atoms with Crippen LogP contribution >= 0.6 is 0 Å². The molecule has 0 N–H and O–H groups in total. The highest BCUT2D eigenvalue weighted by molar-refractivity contribution is 5.31. The average molecular weight is 319 g/mol. The Morgan fingerprint density at radius 3 is 0.917 bits per heavy atom. The fourth-order valence-corrected chi connectivity index (χ4v) is 2.44. The van der Waals surface area contributed by atoms with Crippen LogP contribution in [0.5, 0.6) is 0 Å². The lowest BCUT2D eigenvalue weighted by atomic mass is 10.0. The van der Waals surface area contributed by atoms with E-state index in [4.69, 9.17) is 0 Å². The Bertz CT molecular complexity index is 576. The molecule has 0 aliphatic rings. The highest BCUT2D eigenvalue weighted by Crippen LogP contribution is 2.13. The van der Waals surface area contributed by atoms with Gasteiger partial charge in [0.15, 0.2) is 0 Å². The quantitative estimate of drug-likeness (QED) is 0.489. The van der Waals surface area contributed by atoms with Crippen molar-refractivity contribution in [1.29, 1.82) is 0 Å². The van der Waals surface area contributed by atoms with Gasteiger partial charge in [0.05, 0.1) is 0 Å². The number of rotatable bonds is 4. The van der Waals surface area contributed by atoms with Gasteiger partial charge in [0, 0.05) is 0 Å². The van der Waals surface area contributed by atoms with E-state index in [0.717, 1.165) is 12.8 Å². The largest absolute Gasteiger partial charge is 0.0683 e. The molecule has 0 unspecified atom stereocenters. The SMILES string of the molecule is CC.CC.c1ccc(Cc2ccc(Cc3ccccc3)cc2)cc1. The normalized spacial score (nSPS) is 9.17. The van der Waals surface area contributed by atoms with E-state index in [1.165, 1.54) is 22.3 Å². The monoisotopic (exact) mass is 318 g/mol. The van der Waals surface area contributed by atoms with E-state index >= 15 is 0 Å². The second-order valence-corrected chi connectivity index (χ2v) is 5.14. The zero-order valence-corrected chi connectivity index (χ0v) is 15.5. The van der Waals surface area contributed by atoms with Crippen LogP contribution in [0.2, 0.25) is 0 Å². The van der Waals surface area contributed by atoms with Gasteiger partial charge in [0.1, 0.15) is 0 Å². The molecule has 0 heterocycles. The Labute approximate surface area is 148 Å². The third kappa shape index (κ3) is 6.83. The number of hydrogen-bond acceptors (Lipinski definition) is 0. The van der Waals surface area contributed by atoms with Gasteiger partial charge in [0.2, 0.25) is 0 Å². The molecule has 0 amide bonds. The molecule has 0 aromatic heterocycles. The molecule has 0 saturated carbocycles. The van der Waals surface area contributed by atoms with Gasteiger partial charge in [-0.25, -0.2) is 0 Å². The zero-order chi connectivity index (χ0) is 17.6. The minimum absolute atomic E-state index is 1.01. The third-order valence-electron chi connectivity index (χ3n) is 3.53. The Hall–Kier alpha value is -2.34. The summed E-state index contributed by atoms with van der Waals surface area (Å²) >= 11 is 0. The first-order valence-electron chi connectivity index (χ1n) is 9.06. The number of hydrogen-bond donors (Lipinski definition) is 0. The maximum atomic E-state index is 2.24. The molecule has 0 nitrogen and oxygen atoms in total. The molecule has 0 spiro atoms. The Morgan fingerprint density at radius 1 is 0.375 bits per heavy atom. The van der Waals surface area contributed by atoms with Gasteiger partial charge >= 0.3 is 0 Å². The second-order valence-electron chi connectivity index (χ2n) is 5.14. The van der Waals surface area contributed by atoms with Gasteiger partial charge < -0.3 is 0 Å². The van der Waals surface area contributed by atoms with Crippen molar-refractivity contribution in [2.75, 3.05) is 0 Å². The molecular formula is C24H30. The van der Waals surface area contributed by atoms with Crippen molar-refractivity contribution in [3.05, 3.63) is 107 Å². The molecule has 0 saturated heterocycles. The summed E-state index contributed by atoms with van der Waals surface area (Å²) in [6, 6.07) is 30.2. The molecule has 126 valence electrons. The van der Waals surface area contributed by atoms with E-state index in [-0.39, 0.29) is 0 Å². The first-order chi connectivity index (χ1) is 11.9. The minimum atomic E-state index is 1.01. The Morgan fingerprint density at radius 2 is 0.625 bits per heavy atom. The van der Waals surface area contributed by atoms with Crippen LogP contribution in [0.3, 0.4) is 0 Å². The molecule has 0 heteroatoms. The van der Waals surface area contributed by atoms with Crippen LogP contribution in [0.4, 0.5) is 0 Å². The lowest BCUT2D eigenvalue weighted by molar-refractivity contribution is 1.15. The summed E-state index contributed by atoms with van der Waals surface area (Å²) < 4.78 is 0. The smallest absolute Gasteiger partial charge is 0.00258 e. The van der Waals surface area contributed by atoms with E-state index in [2.05, 4.69) is 84.9 Å². The van der Waals surface area contributed by atoms with Crippen LogP contribution in [0, 0.1) is 0 Å². The summed E-state index contributed by atoms with van der Waals surface area (Å²) in [6.45, 7) is 8.00. The van der Waals surface area contributed by atoms with Crippen molar-refractivity contribution in [3.8, 4) is 0 Å². The van der Waals surface area contributed by atoms with Crippen LogP contribution in [-0.4, -0.2) is 0 Å². The lowest BCUT2D eigenvalue weighted by Crippen LogP contribution is -1.91. The molecule has 0 atom stereocenters. The summed E-state index contributed by atoms with van der Waals surface area (Å²) in [7, 11) is 0. The molecule has 24 heavy (non-hydrogen) atoms. The summed E-state index contributed by atoms with van der Waals surface area (Å²) in [6.07, 6.45) is 2.01. The molecule has 3 aromatic carbocycles. The standard InChI is InChI=1S/C20H18.2C2H6/c1-3-7-17(8-4-1)15-19-11-13-20(14-12-19)16-18-9-5-2-6-10-18;2*1-2/h1-14H,15-16H2;2*1-2H3. The molecule has 0 radical (unpaired) electrons. The van der Waals surface area contributed by atoms with Gasteiger partial charge in [-0.15, -0.1) is 0 Å². The van der Waals surface area contributed by atoms with Crippen LogP contribution in [-0.2, 0) is 12.8 Å². The summed E-state index contributed by atoms with van der Waals surface area (Å²) in [5.41, 5.74) is 5.47. The first kappa shape index (κ1) is 19.7. The fraction of sp³-hybridized carbons (Fsp3) is 0.250. The summed E-state index contributed by atoms with van der Waals surface area (Å²) in [5.74, 6) is 0. The van der Waals surface area contributed by atoms with Gasteiger partial charge in [0.25, 0.3) is 0 Å². The van der Waals surface area contributed by atoms with E-state index in [1.807, 2.05) is 27.7 Å². The summed E-state index contributed by atoms with van der Waals surface area (Å²) in [5, 5.41) is 0. The van der Waals surface area contributed by atoms with Crippen molar-refractivity contribution in [2.24, 2.45) is 0 Å². The fourth-order valence-electron chi connectivity index (χ4n) is 2.44. The van der Waals surface area contributed by atoms with Crippen LogP contribution in [0.25, 0.3) is 0 Å². The molecular weight excluding hydrogens is 288 g/mol. The highest BCUT2D eigenvalue weighted by Gasteiger charge is 1.98.